The summed E-state index contributed by atoms with van der Waals surface area (Å²) in [7, 11) is 0. The fourth-order valence-electron chi connectivity index (χ4n) is 5.41. The van der Waals surface area contributed by atoms with Crippen molar-refractivity contribution in [2.75, 3.05) is 62.3 Å². The van der Waals surface area contributed by atoms with Crippen LogP contribution < -0.4 is 0 Å². The Morgan fingerprint density at radius 1 is 0.308 bits per heavy atom. The van der Waals surface area contributed by atoms with Crippen LogP contribution in [0.3, 0.4) is 0 Å². The van der Waals surface area contributed by atoms with E-state index in [1.54, 1.807) is 0 Å². The zero-order valence-electron chi connectivity index (χ0n) is 27.6. The maximum absolute atomic E-state index is 2.79. The monoisotopic (exact) mass is 587 g/mol. The molecule has 0 aliphatic carbocycles. The SMILES string of the molecule is CCCCCCCCCCCSCCCN(CCCSCCCCCCCCCCC)CCCN(CC)CC. The molecule has 0 aliphatic heterocycles. The quantitative estimate of drug-likeness (QED) is 0.0691. The molecular formula is C35H74N2S2. The lowest BCUT2D eigenvalue weighted by Gasteiger charge is -2.24. The zero-order valence-corrected chi connectivity index (χ0v) is 29.3. The maximum atomic E-state index is 2.79. The molecule has 0 aliphatic rings. The summed E-state index contributed by atoms with van der Waals surface area (Å²) in [5.74, 6) is 5.48. The first-order valence-electron chi connectivity index (χ1n) is 17.9. The molecule has 0 saturated heterocycles. The standard InChI is InChI=1S/C35H74N2S2/c1-5-9-11-13-15-17-19-21-23-32-38-34-26-30-37(29-25-28-36(7-3)8-4)31-27-35-39-33-24-22-20-18-16-14-12-10-6-2/h5-35H2,1-4H3. The van der Waals surface area contributed by atoms with Crippen LogP contribution in [0, 0.1) is 0 Å². The molecule has 0 saturated carbocycles. The molecule has 0 spiro atoms. The van der Waals surface area contributed by atoms with E-state index >= 15 is 0 Å². The smallest absolute Gasteiger partial charge is 0.000654 e. The highest BCUT2D eigenvalue weighted by Gasteiger charge is 2.07. The van der Waals surface area contributed by atoms with Gasteiger partial charge in [0, 0.05) is 0 Å². The van der Waals surface area contributed by atoms with Gasteiger partial charge in [-0.15, -0.1) is 0 Å². The van der Waals surface area contributed by atoms with Crippen LogP contribution in [-0.2, 0) is 0 Å². The van der Waals surface area contributed by atoms with Gasteiger partial charge in [-0.1, -0.05) is 130 Å². The van der Waals surface area contributed by atoms with E-state index in [1.807, 2.05) is 0 Å². The number of hydrogen-bond donors (Lipinski definition) is 0. The summed E-state index contributed by atoms with van der Waals surface area (Å²) in [6.07, 6.45) is 30.1. The predicted molar refractivity (Wildman–Crippen MR) is 187 cm³/mol. The highest BCUT2D eigenvalue weighted by atomic mass is 32.2. The van der Waals surface area contributed by atoms with Crippen LogP contribution in [-0.4, -0.2) is 72.1 Å². The Labute approximate surface area is 257 Å². The Balaban J connectivity index is 3.82. The van der Waals surface area contributed by atoms with Crippen LogP contribution in [0.15, 0.2) is 0 Å². The summed E-state index contributed by atoms with van der Waals surface area (Å²) in [6, 6.07) is 0. The number of hydrogen-bond acceptors (Lipinski definition) is 4. The van der Waals surface area contributed by atoms with Gasteiger partial charge in [0.15, 0.2) is 0 Å². The Kier molecular flexibility index (Phi) is 35.4. The van der Waals surface area contributed by atoms with E-state index in [2.05, 4.69) is 61.0 Å². The van der Waals surface area contributed by atoms with E-state index in [0.29, 0.717) is 0 Å². The van der Waals surface area contributed by atoms with Crippen molar-refractivity contribution >= 4 is 23.5 Å². The summed E-state index contributed by atoms with van der Waals surface area (Å²) in [5.41, 5.74) is 0. The molecule has 0 rings (SSSR count). The van der Waals surface area contributed by atoms with Crippen molar-refractivity contribution in [3.8, 4) is 0 Å². The topological polar surface area (TPSA) is 6.48 Å². The van der Waals surface area contributed by atoms with E-state index in [4.69, 9.17) is 0 Å². The normalized spacial score (nSPS) is 11.8. The molecule has 0 heterocycles. The molecule has 0 unspecified atom stereocenters. The van der Waals surface area contributed by atoms with Gasteiger partial charge < -0.3 is 9.80 Å². The van der Waals surface area contributed by atoms with Crippen molar-refractivity contribution in [1.29, 1.82) is 0 Å². The van der Waals surface area contributed by atoms with E-state index < -0.39 is 0 Å². The van der Waals surface area contributed by atoms with Crippen LogP contribution >= 0.6 is 23.5 Å². The van der Waals surface area contributed by atoms with Gasteiger partial charge in [-0.3, -0.25) is 0 Å². The van der Waals surface area contributed by atoms with E-state index in [9.17, 15) is 0 Å². The first kappa shape index (κ1) is 39.6. The first-order chi connectivity index (χ1) is 19.3. The van der Waals surface area contributed by atoms with Crippen LogP contribution in [0.4, 0.5) is 0 Å². The van der Waals surface area contributed by atoms with Gasteiger partial charge in [0.2, 0.25) is 0 Å². The van der Waals surface area contributed by atoms with Crippen molar-refractivity contribution in [3.63, 3.8) is 0 Å². The second-order valence-electron chi connectivity index (χ2n) is 11.8. The summed E-state index contributed by atoms with van der Waals surface area (Å²) in [4.78, 5) is 5.38. The minimum Gasteiger partial charge on any atom is -0.304 e. The average molecular weight is 587 g/mol. The Morgan fingerprint density at radius 2 is 0.615 bits per heavy atom. The fourth-order valence-corrected chi connectivity index (χ4v) is 7.30. The Morgan fingerprint density at radius 3 is 1.00 bits per heavy atom. The molecule has 2 nitrogen and oxygen atoms in total. The molecule has 0 bridgehead atoms. The molecule has 0 atom stereocenters. The Bertz CT molecular complexity index is 401. The van der Waals surface area contributed by atoms with Crippen molar-refractivity contribution in [3.05, 3.63) is 0 Å². The highest BCUT2D eigenvalue weighted by Crippen LogP contribution is 2.14. The maximum Gasteiger partial charge on any atom is -0.000654 e. The first-order valence-corrected chi connectivity index (χ1v) is 20.2. The lowest BCUT2D eigenvalue weighted by atomic mass is 10.1. The molecule has 39 heavy (non-hydrogen) atoms. The van der Waals surface area contributed by atoms with Crippen molar-refractivity contribution < 1.29 is 0 Å². The largest absolute Gasteiger partial charge is 0.304 e. The van der Waals surface area contributed by atoms with Gasteiger partial charge in [-0.25, -0.2) is 0 Å². The third-order valence-electron chi connectivity index (χ3n) is 8.15. The molecule has 0 aromatic rings. The number of thioether (sulfide) groups is 2. The average Bonchev–Trinajstić information content (AvgIpc) is 2.95. The van der Waals surface area contributed by atoms with Gasteiger partial charge >= 0.3 is 0 Å². The summed E-state index contributed by atoms with van der Waals surface area (Å²) >= 11 is 4.43. The number of nitrogens with zero attached hydrogens (tertiary/aromatic N) is 2. The Hall–Kier alpha value is 0.620. The second kappa shape index (κ2) is 34.8. The molecule has 0 amide bonds. The summed E-state index contributed by atoms with van der Waals surface area (Å²) in [6.45, 7) is 16.8. The minimum absolute atomic E-state index is 1.20. The molecule has 0 radical (unpaired) electrons. The van der Waals surface area contributed by atoms with E-state index in [0.717, 1.165) is 0 Å². The van der Waals surface area contributed by atoms with Gasteiger partial charge in [0.05, 0.1) is 0 Å². The molecule has 0 aromatic heterocycles. The van der Waals surface area contributed by atoms with Gasteiger partial charge in [-0.2, -0.15) is 23.5 Å². The predicted octanol–water partition coefficient (Wildman–Crippen LogP) is 11.3. The lowest BCUT2D eigenvalue weighted by molar-refractivity contribution is 0.237. The van der Waals surface area contributed by atoms with Crippen LogP contribution in [0.25, 0.3) is 0 Å². The molecule has 236 valence electrons. The summed E-state index contributed by atoms with van der Waals surface area (Å²) < 4.78 is 0. The van der Waals surface area contributed by atoms with Gasteiger partial charge in [-0.05, 0) is 94.4 Å². The van der Waals surface area contributed by atoms with E-state index in [-0.39, 0.29) is 0 Å². The summed E-state index contributed by atoms with van der Waals surface area (Å²) in [5, 5.41) is 0. The van der Waals surface area contributed by atoms with Gasteiger partial charge in [0.25, 0.3) is 0 Å². The van der Waals surface area contributed by atoms with Crippen LogP contribution in [0.2, 0.25) is 0 Å². The second-order valence-corrected chi connectivity index (χ2v) is 14.3. The molecule has 0 aromatic carbocycles. The zero-order chi connectivity index (χ0) is 28.5. The van der Waals surface area contributed by atoms with Crippen molar-refractivity contribution in [2.24, 2.45) is 0 Å². The highest BCUT2D eigenvalue weighted by molar-refractivity contribution is 7.99. The fraction of sp³-hybridized carbons (Fsp3) is 1.00. The third-order valence-corrected chi connectivity index (χ3v) is 10.5. The third kappa shape index (κ3) is 31.4. The molecular weight excluding hydrogens is 513 g/mol. The van der Waals surface area contributed by atoms with Gasteiger partial charge in [0.1, 0.15) is 0 Å². The minimum atomic E-state index is 1.20. The van der Waals surface area contributed by atoms with E-state index in [1.165, 1.54) is 197 Å². The number of rotatable bonds is 34. The number of unbranched alkanes of at least 4 members (excludes halogenated alkanes) is 16. The van der Waals surface area contributed by atoms with Crippen molar-refractivity contribution in [2.45, 2.75) is 163 Å². The molecule has 0 fully saturated rings. The van der Waals surface area contributed by atoms with Crippen molar-refractivity contribution in [1.82, 2.24) is 9.80 Å². The molecule has 4 heteroatoms. The lowest BCUT2D eigenvalue weighted by Crippen LogP contribution is -2.31. The molecule has 0 N–H and O–H groups in total. The van der Waals surface area contributed by atoms with Crippen LogP contribution in [0.1, 0.15) is 163 Å². The van der Waals surface area contributed by atoms with Crippen LogP contribution in [0.5, 0.6) is 0 Å².